The number of ether oxygens (including phenoxy) is 1. The van der Waals surface area contributed by atoms with E-state index in [4.69, 9.17) is 4.74 Å². The number of hydrogen-bond donors (Lipinski definition) is 1. The minimum Gasteiger partial charge on any atom is -0.490 e. The van der Waals surface area contributed by atoms with Crippen LogP contribution in [0.25, 0.3) is 0 Å². The second-order valence-corrected chi connectivity index (χ2v) is 5.77. The second-order valence-electron chi connectivity index (χ2n) is 5.77. The third-order valence-corrected chi connectivity index (χ3v) is 4.52. The maximum Gasteiger partial charge on any atom is 0.123 e. The van der Waals surface area contributed by atoms with Crippen molar-refractivity contribution in [3.63, 3.8) is 0 Å². The molecule has 1 fully saturated rings. The first-order chi connectivity index (χ1) is 9.64. The van der Waals surface area contributed by atoms with Gasteiger partial charge in [0.05, 0.1) is 6.07 Å². The lowest BCUT2D eigenvalue weighted by atomic mass is 9.97. The van der Waals surface area contributed by atoms with E-state index in [-0.39, 0.29) is 6.10 Å². The monoisotopic (exact) mass is 272 g/mol. The highest BCUT2D eigenvalue weighted by atomic mass is 16.5. The van der Waals surface area contributed by atoms with Gasteiger partial charge in [-0.05, 0) is 43.9 Å². The lowest BCUT2D eigenvalue weighted by molar-refractivity contribution is 0.199. The van der Waals surface area contributed by atoms with Crippen molar-refractivity contribution in [2.75, 3.05) is 7.05 Å². The first-order valence-electron chi connectivity index (χ1n) is 7.50. The van der Waals surface area contributed by atoms with Crippen molar-refractivity contribution in [2.45, 2.75) is 57.1 Å². The van der Waals surface area contributed by atoms with Crippen molar-refractivity contribution in [2.24, 2.45) is 0 Å². The SMILES string of the molecule is CCC(C)c1ccccc1OC1CCC(C#N)(NC)C1. The zero-order valence-corrected chi connectivity index (χ0v) is 12.6. The van der Waals surface area contributed by atoms with Crippen LogP contribution in [0.3, 0.4) is 0 Å². The van der Waals surface area contributed by atoms with Crippen LogP contribution in [0.15, 0.2) is 24.3 Å². The summed E-state index contributed by atoms with van der Waals surface area (Å²) in [7, 11) is 1.86. The molecule has 1 saturated carbocycles. The quantitative estimate of drug-likeness (QED) is 0.890. The standard InChI is InChI=1S/C17H24N2O/c1-4-13(2)15-7-5-6-8-16(15)20-14-9-10-17(11-14,12-18)19-3/h5-8,13-14,19H,4,9-11H2,1-3H3. The Morgan fingerprint density at radius 2 is 2.25 bits per heavy atom. The molecule has 3 heteroatoms. The van der Waals surface area contributed by atoms with E-state index in [1.807, 2.05) is 19.2 Å². The third-order valence-electron chi connectivity index (χ3n) is 4.52. The Balaban J connectivity index is 2.11. The number of hydrogen-bond acceptors (Lipinski definition) is 3. The average Bonchev–Trinajstić information content (AvgIpc) is 2.91. The molecule has 0 amide bonds. The number of para-hydroxylation sites is 1. The van der Waals surface area contributed by atoms with Gasteiger partial charge >= 0.3 is 0 Å². The average molecular weight is 272 g/mol. The van der Waals surface area contributed by atoms with Crippen LogP contribution in [0.4, 0.5) is 0 Å². The summed E-state index contributed by atoms with van der Waals surface area (Å²) in [4.78, 5) is 0. The van der Waals surface area contributed by atoms with E-state index in [2.05, 4.69) is 37.4 Å². The van der Waals surface area contributed by atoms with Crippen molar-refractivity contribution in [1.29, 1.82) is 5.26 Å². The number of nitriles is 1. The number of rotatable bonds is 5. The molecule has 20 heavy (non-hydrogen) atoms. The van der Waals surface area contributed by atoms with Gasteiger partial charge in [0.15, 0.2) is 0 Å². The number of benzene rings is 1. The fourth-order valence-corrected chi connectivity index (χ4v) is 2.88. The fourth-order valence-electron chi connectivity index (χ4n) is 2.88. The summed E-state index contributed by atoms with van der Waals surface area (Å²) in [5, 5.41) is 12.5. The van der Waals surface area contributed by atoms with E-state index < -0.39 is 5.54 Å². The molecule has 1 aromatic rings. The van der Waals surface area contributed by atoms with Gasteiger partial charge in [-0.3, -0.25) is 0 Å². The van der Waals surface area contributed by atoms with Gasteiger partial charge in [0, 0.05) is 6.42 Å². The molecule has 1 N–H and O–H groups in total. The fraction of sp³-hybridized carbons (Fsp3) is 0.588. The first kappa shape index (κ1) is 14.9. The highest BCUT2D eigenvalue weighted by Crippen LogP contribution is 2.35. The van der Waals surface area contributed by atoms with Gasteiger partial charge < -0.3 is 10.1 Å². The van der Waals surface area contributed by atoms with Gasteiger partial charge in [-0.1, -0.05) is 32.0 Å². The molecule has 0 radical (unpaired) electrons. The Kier molecular flexibility index (Phi) is 4.67. The summed E-state index contributed by atoms with van der Waals surface area (Å²) in [5.74, 6) is 1.48. The van der Waals surface area contributed by atoms with Crippen LogP contribution in [-0.4, -0.2) is 18.7 Å². The second kappa shape index (κ2) is 6.28. The molecule has 3 unspecified atom stereocenters. The minimum atomic E-state index is -0.407. The summed E-state index contributed by atoms with van der Waals surface area (Å²) in [6, 6.07) is 10.7. The van der Waals surface area contributed by atoms with Gasteiger partial charge in [0.1, 0.15) is 17.4 Å². The molecule has 0 aromatic heterocycles. The molecule has 108 valence electrons. The summed E-state index contributed by atoms with van der Waals surface area (Å²) in [6.45, 7) is 4.42. The normalized spacial score (nSPS) is 27.0. The van der Waals surface area contributed by atoms with Gasteiger partial charge in [-0.15, -0.1) is 0 Å². The Hall–Kier alpha value is -1.53. The number of nitrogens with one attached hydrogen (secondary N) is 1. The third kappa shape index (κ3) is 2.96. The summed E-state index contributed by atoms with van der Waals surface area (Å²) < 4.78 is 6.20. The van der Waals surface area contributed by atoms with E-state index in [9.17, 15) is 5.26 Å². The van der Waals surface area contributed by atoms with Crippen LogP contribution in [0.2, 0.25) is 0 Å². The summed E-state index contributed by atoms with van der Waals surface area (Å²) in [5.41, 5.74) is 0.865. The molecule has 1 aliphatic rings. The van der Waals surface area contributed by atoms with Gasteiger partial charge in [-0.25, -0.2) is 0 Å². The van der Waals surface area contributed by atoms with Crippen molar-refractivity contribution in [3.05, 3.63) is 29.8 Å². The van der Waals surface area contributed by atoms with Gasteiger partial charge in [0.25, 0.3) is 0 Å². The lowest BCUT2D eigenvalue weighted by Gasteiger charge is -2.22. The zero-order valence-electron chi connectivity index (χ0n) is 12.6. The zero-order chi connectivity index (χ0) is 14.6. The first-order valence-corrected chi connectivity index (χ1v) is 7.50. The van der Waals surface area contributed by atoms with Crippen molar-refractivity contribution in [1.82, 2.24) is 5.32 Å². The molecule has 0 spiro atoms. The number of nitrogens with zero attached hydrogens (tertiary/aromatic N) is 1. The van der Waals surface area contributed by atoms with E-state index in [0.717, 1.165) is 31.4 Å². The van der Waals surface area contributed by atoms with Crippen molar-refractivity contribution in [3.8, 4) is 11.8 Å². The Bertz CT molecular complexity index is 494. The molecule has 3 atom stereocenters. The summed E-state index contributed by atoms with van der Waals surface area (Å²) >= 11 is 0. The molecular formula is C17H24N2O. The smallest absolute Gasteiger partial charge is 0.123 e. The van der Waals surface area contributed by atoms with E-state index >= 15 is 0 Å². The Labute approximate surface area is 121 Å². The highest BCUT2D eigenvalue weighted by Gasteiger charge is 2.39. The van der Waals surface area contributed by atoms with E-state index in [0.29, 0.717) is 5.92 Å². The van der Waals surface area contributed by atoms with Crippen molar-refractivity contribution < 1.29 is 4.74 Å². The molecule has 2 rings (SSSR count). The summed E-state index contributed by atoms with van der Waals surface area (Å²) in [6.07, 6.45) is 3.78. The van der Waals surface area contributed by atoms with Crippen LogP contribution in [0.1, 0.15) is 51.0 Å². The van der Waals surface area contributed by atoms with Crippen LogP contribution in [-0.2, 0) is 0 Å². The maximum absolute atomic E-state index is 9.31. The van der Waals surface area contributed by atoms with Crippen LogP contribution in [0, 0.1) is 11.3 Å². The molecule has 0 saturated heterocycles. The molecule has 1 aromatic carbocycles. The predicted octanol–water partition coefficient (Wildman–Crippen LogP) is 3.61. The van der Waals surface area contributed by atoms with Gasteiger partial charge in [-0.2, -0.15) is 5.26 Å². The van der Waals surface area contributed by atoms with Crippen LogP contribution < -0.4 is 10.1 Å². The van der Waals surface area contributed by atoms with Gasteiger partial charge in [0.2, 0.25) is 0 Å². The molecular weight excluding hydrogens is 248 g/mol. The Morgan fingerprint density at radius 3 is 2.85 bits per heavy atom. The lowest BCUT2D eigenvalue weighted by Crippen LogP contribution is -2.39. The molecule has 1 aliphatic carbocycles. The minimum absolute atomic E-state index is 0.132. The molecule has 3 nitrogen and oxygen atoms in total. The molecule has 0 aliphatic heterocycles. The van der Waals surface area contributed by atoms with Crippen LogP contribution in [0.5, 0.6) is 5.75 Å². The maximum atomic E-state index is 9.31. The topological polar surface area (TPSA) is 45.0 Å². The molecule has 0 bridgehead atoms. The molecule has 0 heterocycles. The largest absolute Gasteiger partial charge is 0.490 e. The van der Waals surface area contributed by atoms with E-state index in [1.54, 1.807) is 0 Å². The Morgan fingerprint density at radius 1 is 1.50 bits per heavy atom. The van der Waals surface area contributed by atoms with E-state index in [1.165, 1.54) is 5.56 Å². The van der Waals surface area contributed by atoms with Crippen molar-refractivity contribution >= 4 is 0 Å². The predicted molar refractivity (Wildman–Crippen MR) is 80.8 cm³/mol. The van der Waals surface area contributed by atoms with Crippen LogP contribution >= 0.6 is 0 Å². The highest BCUT2D eigenvalue weighted by molar-refractivity contribution is 5.36.